The molecule has 2 aliphatic rings. The number of carbonyl (C=O) groups excluding carboxylic acids is 2. The molecule has 0 unspecified atom stereocenters. The first-order valence-electron chi connectivity index (χ1n) is 21.3. The van der Waals surface area contributed by atoms with Gasteiger partial charge in [0, 0.05) is 53.5 Å². The predicted octanol–water partition coefficient (Wildman–Crippen LogP) is 10.6. The second-order valence-electron chi connectivity index (χ2n) is 16.3. The first-order chi connectivity index (χ1) is 31.9. The van der Waals surface area contributed by atoms with Gasteiger partial charge in [-0.15, -0.1) is 5.10 Å². The molecule has 13 nitrogen and oxygen atoms in total. The molecule has 2 aliphatic carbocycles. The number of fused-ring (bicyclic) bond motifs is 2. The molecule has 7 aromatic rings. The number of halogens is 8. The summed E-state index contributed by atoms with van der Waals surface area (Å²) in [7, 11) is 0. The number of aromatic nitrogens is 6. The molecule has 9 rings (SSSR count). The summed E-state index contributed by atoms with van der Waals surface area (Å²) in [4.78, 5) is 33.6. The number of hydrogen-bond donors (Lipinski definition) is 5. The van der Waals surface area contributed by atoms with Gasteiger partial charge in [-0.2, -0.15) is 31.4 Å². The molecular weight excluding hydrogens is 951 g/mol. The lowest BCUT2D eigenvalue weighted by Gasteiger charge is -2.14. The summed E-state index contributed by atoms with van der Waals surface area (Å²) in [5.41, 5.74) is 7.15. The van der Waals surface area contributed by atoms with Crippen LogP contribution in [0.1, 0.15) is 70.4 Å². The number of rotatable bonds is 14. The van der Waals surface area contributed by atoms with E-state index in [2.05, 4.69) is 62.7 Å². The summed E-state index contributed by atoms with van der Waals surface area (Å²) in [6.45, 7) is 3.06. The Hall–Kier alpha value is -6.77. The Morgan fingerprint density at radius 3 is 1.60 bits per heavy atom. The minimum atomic E-state index is -4.32. The zero-order chi connectivity index (χ0) is 47.6. The molecule has 3 aromatic carbocycles. The van der Waals surface area contributed by atoms with E-state index in [-0.39, 0.29) is 48.5 Å². The van der Waals surface area contributed by atoms with Crippen molar-refractivity contribution in [1.29, 1.82) is 0 Å². The summed E-state index contributed by atoms with van der Waals surface area (Å²) in [6, 6.07) is 20.4. The second-order valence-corrected chi connectivity index (χ2v) is 17.1. The Kier molecular flexibility index (Phi) is 13.4. The van der Waals surface area contributed by atoms with Crippen LogP contribution in [0.25, 0.3) is 33.8 Å². The SMILES string of the molecule is Cc1cc(-c2cnc3c(NCCC(F)(F)F)cc(Br)nn23)ccc1C(=O)NC1CC1.Cc1cc(-c2cnc3c(NCCC(F)(F)F)cc(Nc4ccccc4F)nn23)ccc1C(=O)NC1CC1. The van der Waals surface area contributed by atoms with Gasteiger partial charge in [0.2, 0.25) is 0 Å². The van der Waals surface area contributed by atoms with Crippen LogP contribution in [0.2, 0.25) is 0 Å². The van der Waals surface area contributed by atoms with Crippen molar-refractivity contribution in [1.82, 2.24) is 39.8 Å². The van der Waals surface area contributed by atoms with Crippen LogP contribution in [-0.4, -0.2) is 78.5 Å². The Morgan fingerprint density at radius 2 is 1.13 bits per heavy atom. The molecule has 4 heterocycles. The minimum Gasteiger partial charge on any atom is -0.382 e. The highest BCUT2D eigenvalue weighted by atomic mass is 79.9. The van der Waals surface area contributed by atoms with Crippen molar-refractivity contribution in [3.8, 4) is 22.5 Å². The maximum Gasteiger partial charge on any atom is 0.390 e. The Balaban J connectivity index is 0.000000186. The predicted molar refractivity (Wildman–Crippen MR) is 243 cm³/mol. The quantitative estimate of drug-likeness (QED) is 0.0670. The van der Waals surface area contributed by atoms with Gasteiger partial charge < -0.3 is 26.6 Å². The van der Waals surface area contributed by atoms with E-state index in [9.17, 15) is 40.3 Å². The third-order valence-corrected chi connectivity index (χ3v) is 11.2. The zero-order valence-electron chi connectivity index (χ0n) is 35.9. The summed E-state index contributed by atoms with van der Waals surface area (Å²) in [5.74, 6) is -0.506. The smallest absolute Gasteiger partial charge is 0.382 e. The van der Waals surface area contributed by atoms with E-state index in [0.717, 1.165) is 42.4 Å². The standard InChI is InChI=1S/C26H24F4N6O.C20H19BrF3N5O/c1-15-12-16(6-9-18(15)25(37)33-17-7-8-17)22-14-32-24-21(31-11-10-26(28,29)30)13-23(35-36(22)24)34-20-5-3-2-4-19(20)27;1-11-8-12(2-5-14(11)19(30)27-13-3-4-13)16-10-26-18-15(9-17(21)28-29(16)18)25-7-6-20(22,23)24/h2-6,9,12-14,17,31H,7-8,10-11H2,1H3,(H,33,37)(H,34,35);2,5,8-10,13,25H,3-4,6-7H2,1H3,(H,27,30). The highest BCUT2D eigenvalue weighted by Gasteiger charge is 2.29. The van der Waals surface area contributed by atoms with Crippen molar-refractivity contribution in [3.63, 3.8) is 0 Å². The van der Waals surface area contributed by atoms with Crippen LogP contribution in [-0.2, 0) is 0 Å². The van der Waals surface area contributed by atoms with Crippen LogP contribution in [0.15, 0.2) is 89.8 Å². The zero-order valence-corrected chi connectivity index (χ0v) is 37.5. The third-order valence-electron chi connectivity index (χ3n) is 10.8. The first kappa shape index (κ1) is 46.7. The number of imidazole rings is 2. The van der Waals surface area contributed by atoms with Gasteiger partial charge in [0.05, 0.1) is 53.7 Å². The van der Waals surface area contributed by atoms with Crippen LogP contribution >= 0.6 is 15.9 Å². The lowest BCUT2D eigenvalue weighted by molar-refractivity contribution is -0.132. The normalized spacial score (nSPS) is 13.8. The van der Waals surface area contributed by atoms with Crippen molar-refractivity contribution in [2.24, 2.45) is 0 Å². The van der Waals surface area contributed by atoms with E-state index in [1.165, 1.54) is 22.7 Å². The molecule has 0 aliphatic heterocycles. The molecule has 5 N–H and O–H groups in total. The fourth-order valence-electron chi connectivity index (χ4n) is 7.14. The van der Waals surface area contributed by atoms with E-state index in [1.807, 2.05) is 32.0 Å². The number of nitrogens with one attached hydrogen (secondary N) is 5. The highest BCUT2D eigenvalue weighted by molar-refractivity contribution is 9.10. The second kappa shape index (κ2) is 19.2. The molecule has 350 valence electrons. The van der Waals surface area contributed by atoms with Gasteiger partial charge in [-0.1, -0.05) is 24.3 Å². The van der Waals surface area contributed by atoms with Crippen LogP contribution < -0.4 is 26.6 Å². The number of amides is 2. The topological polar surface area (TPSA) is 155 Å². The van der Waals surface area contributed by atoms with Crippen molar-refractivity contribution >= 4 is 61.9 Å². The summed E-state index contributed by atoms with van der Waals surface area (Å²) < 4.78 is 93.4. The maximum atomic E-state index is 14.3. The molecule has 2 amide bonds. The van der Waals surface area contributed by atoms with Crippen LogP contribution in [0.4, 0.5) is 53.6 Å². The average molecular weight is 995 g/mol. The van der Waals surface area contributed by atoms with Crippen molar-refractivity contribution in [2.75, 3.05) is 29.0 Å². The number of nitrogens with zero attached hydrogens (tertiary/aromatic N) is 6. The summed E-state index contributed by atoms with van der Waals surface area (Å²) >= 11 is 3.31. The molecule has 0 atom stereocenters. The number of para-hydroxylation sites is 1. The molecule has 0 saturated heterocycles. The Labute approximate surface area is 387 Å². The van der Waals surface area contributed by atoms with Gasteiger partial charge in [-0.25, -0.2) is 23.4 Å². The van der Waals surface area contributed by atoms with Crippen molar-refractivity contribution in [3.05, 3.63) is 118 Å². The third kappa shape index (κ3) is 11.8. The molecule has 2 fully saturated rings. The van der Waals surface area contributed by atoms with E-state index in [0.29, 0.717) is 55.4 Å². The van der Waals surface area contributed by atoms with Crippen LogP contribution in [0.3, 0.4) is 0 Å². The average Bonchev–Trinajstić information content (AvgIpc) is 4.17. The molecule has 21 heteroatoms. The first-order valence-corrected chi connectivity index (χ1v) is 22.1. The number of aryl methyl sites for hydroxylation is 2. The fraction of sp³-hybridized carbons (Fsp3) is 0.304. The number of hydrogen-bond acceptors (Lipinski definition) is 9. The van der Waals surface area contributed by atoms with Gasteiger partial charge >= 0.3 is 12.4 Å². The van der Waals surface area contributed by atoms with Gasteiger partial charge in [-0.3, -0.25) is 9.59 Å². The lowest BCUT2D eigenvalue weighted by atomic mass is 10.0. The Bertz CT molecular complexity index is 2960. The fourth-order valence-corrected chi connectivity index (χ4v) is 7.53. The van der Waals surface area contributed by atoms with E-state index in [4.69, 9.17) is 0 Å². The molecule has 4 aromatic heterocycles. The number of carbonyl (C=O) groups is 2. The Morgan fingerprint density at radius 1 is 0.657 bits per heavy atom. The van der Waals surface area contributed by atoms with Crippen molar-refractivity contribution in [2.45, 2.75) is 76.8 Å². The monoisotopic (exact) mass is 993 g/mol. The summed E-state index contributed by atoms with van der Waals surface area (Å²) in [5, 5.41) is 23.3. The van der Waals surface area contributed by atoms with Crippen LogP contribution in [0, 0.1) is 19.7 Å². The molecular formula is C46H43BrF7N11O2. The molecule has 0 spiro atoms. The number of benzene rings is 3. The molecule has 0 bridgehead atoms. The number of anilines is 4. The van der Waals surface area contributed by atoms with Gasteiger partial charge in [0.25, 0.3) is 11.8 Å². The lowest BCUT2D eigenvalue weighted by Crippen LogP contribution is -2.26. The highest BCUT2D eigenvalue weighted by Crippen LogP contribution is 2.32. The summed E-state index contributed by atoms with van der Waals surface area (Å²) in [6.07, 6.45) is -3.36. The van der Waals surface area contributed by atoms with Gasteiger partial charge in [-0.05, 0) is 109 Å². The largest absolute Gasteiger partial charge is 0.390 e. The van der Waals surface area contributed by atoms with Crippen molar-refractivity contribution < 1.29 is 40.3 Å². The van der Waals surface area contributed by atoms with Crippen LogP contribution in [0.5, 0.6) is 0 Å². The van der Waals surface area contributed by atoms with Gasteiger partial charge in [0.1, 0.15) is 10.4 Å². The minimum absolute atomic E-state index is 0.0864. The van der Waals surface area contributed by atoms with E-state index < -0.39 is 31.0 Å². The van der Waals surface area contributed by atoms with E-state index >= 15 is 0 Å². The molecule has 2 saturated carbocycles. The molecule has 0 radical (unpaired) electrons. The van der Waals surface area contributed by atoms with E-state index in [1.54, 1.807) is 53.3 Å². The number of alkyl halides is 6. The molecule has 67 heavy (non-hydrogen) atoms. The maximum absolute atomic E-state index is 14.3. The van der Waals surface area contributed by atoms with Gasteiger partial charge in [0.15, 0.2) is 17.1 Å².